The van der Waals surface area contributed by atoms with E-state index in [0.717, 1.165) is 11.1 Å². The van der Waals surface area contributed by atoms with Gasteiger partial charge < -0.3 is 16.0 Å². The van der Waals surface area contributed by atoms with Crippen molar-refractivity contribution >= 4 is 29.3 Å². The van der Waals surface area contributed by atoms with Crippen molar-refractivity contribution in [2.75, 3.05) is 11.4 Å². The largest absolute Gasteiger partial charge is 0.347 e. The topological polar surface area (TPSA) is 175 Å². The van der Waals surface area contributed by atoms with Gasteiger partial charge in [0.1, 0.15) is 12.1 Å². The minimum Gasteiger partial charge on any atom is -0.347 e. The Morgan fingerprint density at radius 2 is 1.87 bits per heavy atom. The molecule has 1 aliphatic rings. The van der Waals surface area contributed by atoms with Gasteiger partial charge in [-0.3, -0.25) is 29.1 Å². The van der Waals surface area contributed by atoms with Gasteiger partial charge >= 0.3 is 0 Å². The van der Waals surface area contributed by atoms with E-state index < -0.39 is 23.9 Å². The fourth-order valence-electron chi connectivity index (χ4n) is 4.42. The molecule has 3 heterocycles. The number of carbonyl (C=O) groups is 4. The molecule has 0 bridgehead atoms. The molecule has 1 aromatic carbocycles. The van der Waals surface area contributed by atoms with Crippen molar-refractivity contribution in [1.82, 2.24) is 41.6 Å². The molecule has 1 aliphatic heterocycles. The number of hydrogen-bond acceptors (Lipinski definition) is 8. The number of anilines is 1. The number of para-hydroxylation sites is 1. The molecule has 13 heteroatoms. The van der Waals surface area contributed by atoms with Crippen molar-refractivity contribution < 1.29 is 19.2 Å². The Labute approximate surface area is 225 Å². The number of rotatable bonds is 11. The van der Waals surface area contributed by atoms with Crippen molar-refractivity contribution in [3.63, 3.8) is 0 Å². The second kappa shape index (κ2) is 12.7. The Hall–Kier alpha value is -4.68. The summed E-state index contributed by atoms with van der Waals surface area (Å²) in [5.41, 5.74) is 2.23. The number of hydrogen-bond donors (Lipinski definition) is 4. The standard InChI is InChI=1S/C26H31N9O4/c1-3-16(2)24(30-22(36)12-17-8-10-27-11-9-17)26(39)29-15-23(37)35-19-7-5-4-6-18(19)13-20(35)25(38)28-14-21-31-33-34-32-21/h4-11,16,20,24H,3,12-15H2,1-2H3,(H,28,38)(H,29,39)(H,30,36)(H,31,32,33,34)/t16-,20-,24-/m0/s1. The van der Waals surface area contributed by atoms with Gasteiger partial charge in [-0.25, -0.2) is 0 Å². The van der Waals surface area contributed by atoms with E-state index in [1.165, 1.54) is 4.90 Å². The van der Waals surface area contributed by atoms with Crippen LogP contribution in [0.5, 0.6) is 0 Å². The van der Waals surface area contributed by atoms with E-state index in [-0.39, 0.29) is 37.2 Å². The smallest absolute Gasteiger partial charge is 0.247 e. The minimum absolute atomic E-state index is 0.0523. The van der Waals surface area contributed by atoms with Crippen LogP contribution in [0.2, 0.25) is 0 Å². The molecule has 4 N–H and O–H groups in total. The maximum Gasteiger partial charge on any atom is 0.247 e. The molecule has 0 aliphatic carbocycles. The van der Waals surface area contributed by atoms with Crippen LogP contribution in [-0.4, -0.2) is 67.9 Å². The first-order valence-electron chi connectivity index (χ1n) is 12.7. The molecule has 39 heavy (non-hydrogen) atoms. The van der Waals surface area contributed by atoms with Gasteiger partial charge in [0.25, 0.3) is 0 Å². The number of fused-ring (bicyclic) bond motifs is 1. The Balaban J connectivity index is 1.41. The summed E-state index contributed by atoms with van der Waals surface area (Å²) in [7, 11) is 0. The molecule has 0 unspecified atom stereocenters. The first kappa shape index (κ1) is 27.4. The van der Waals surface area contributed by atoms with Crippen molar-refractivity contribution in [3.05, 3.63) is 65.7 Å². The van der Waals surface area contributed by atoms with Crippen LogP contribution in [0.25, 0.3) is 0 Å². The molecule has 0 spiro atoms. The lowest BCUT2D eigenvalue weighted by molar-refractivity contribution is -0.131. The van der Waals surface area contributed by atoms with E-state index in [1.807, 2.05) is 26.0 Å². The Bertz CT molecular complexity index is 1300. The summed E-state index contributed by atoms with van der Waals surface area (Å²) < 4.78 is 0. The zero-order valence-electron chi connectivity index (χ0n) is 21.8. The van der Waals surface area contributed by atoms with Gasteiger partial charge in [0.05, 0.1) is 19.5 Å². The number of pyridine rings is 1. The number of aromatic amines is 1. The molecular formula is C26H31N9O4. The van der Waals surface area contributed by atoms with E-state index in [2.05, 4.69) is 41.6 Å². The van der Waals surface area contributed by atoms with Crippen LogP contribution < -0.4 is 20.9 Å². The predicted octanol–water partition coefficient (Wildman–Crippen LogP) is 0.0586. The van der Waals surface area contributed by atoms with E-state index in [0.29, 0.717) is 24.4 Å². The third kappa shape index (κ3) is 6.80. The maximum atomic E-state index is 13.4. The molecule has 204 valence electrons. The second-order valence-corrected chi connectivity index (χ2v) is 9.34. The van der Waals surface area contributed by atoms with Crippen molar-refractivity contribution in [2.45, 2.75) is 51.7 Å². The van der Waals surface area contributed by atoms with Crippen LogP contribution in [0.1, 0.15) is 37.2 Å². The monoisotopic (exact) mass is 533 g/mol. The summed E-state index contributed by atoms with van der Waals surface area (Å²) >= 11 is 0. The van der Waals surface area contributed by atoms with Crippen LogP contribution in [0, 0.1) is 5.92 Å². The second-order valence-electron chi connectivity index (χ2n) is 9.34. The highest BCUT2D eigenvalue weighted by atomic mass is 16.2. The van der Waals surface area contributed by atoms with Gasteiger partial charge in [-0.05, 0) is 35.2 Å². The molecule has 2 aromatic heterocycles. The van der Waals surface area contributed by atoms with E-state index in [9.17, 15) is 19.2 Å². The van der Waals surface area contributed by atoms with Gasteiger partial charge in [-0.2, -0.15) is 5.21 Å². The fourth-order valence-corrected chi connectivity index (χ4v) is 4.42. The van der Waals surface area contributed by atoms with Crippen LogP contribution in [-0.2, 0) is 38.6 Å². The van der Waals surface area contributed by atoms with Crippen LogP contribution in [0.3, 0.4) is 0 Å². The lowest BCUT2D eigenvalue weighted by Crippen LogP contribution is -2.54. The number of tetrazole rings is 1. The molecule has 0 radical (unpaired) electrons. The van der Waals surface area contributed by atoms with Gasteiger partial charge in [-0.15, -0.1) is 10.2 Å². The Morgan fingerprint density at radius 3 is 2.59 bits per heavy atom. The SMILES string of the molecule is CC[C@H](C)[C@H](NC(=O)Cc1ccncc1)C(=O)NCC(=O)N1c2ccccc2C[C@H]1C(=O)NCc1nn[nH]n1. The van der Waals surface area contributed by atoms with Gasteiger partial charge in [0.2, 0.25) is 23.6 Å². The van der Waals surface area contributed by atoms with Gasteiger partial charge in [0, 0.05) is 24.5 Å². The molecule has 0 saturated heterocycles. The zero-order chi connectivity index (χ0) is 27.8. The highest BCUT2D eigenvalue weighted by Crippen LogP contribution is 2.32. The summed E-state index contributed by atoms with van der Waals surface area (Å²) in [6.45, 7) is 3.50. The van der Waals surface area contributed by atoms with Gasteiger partial charge in [0.15, 0.2) is 5.82 Å². The number of nitrogens with zero attached hydrogens (tertiary/aromatic N) is 5. The summed E-state index contributed by atoms with van der Waals surface area (Å²) in [4.78, 5) is 57.6. The number of H-pyrrole nitrogens is 1. The van der Waals surface area contributed by atoms with Crippen molar-refractivity contribution in [2.24, 2.45) is 5.92 Å². The molecule has 13 nitrogen and oxygen atoms in total. The number of aromatic nitrogens is 5. The molecule has 3 atom stereocenters. The quantitative estimate of drug-likeness (QED) is 0.268. The molecule has 4 rings (SSSR count). The normalized spacial score (nSPS) is 15.6. The third-order valence-electron chi connectivity index (χ3n) is 6.70. The first-order valence-corrected chi connectivity index (χ1v) is 12.7. The maximum absolute atomic E-state index is 13.4. The molecular weight excluding hydrogens is 502 g/mol. The molecule has 3 aromatic rings. The highest BCUT2D eigenvalue weighted by Gasteiger charge is 2.38. The number of amides is 4. The first-order chi connectivity index (χ1) is 18.9. The molecule has 0 saturated carbocycles. The molecule has 0 fully saturated rings. The van der Waals surface area contributed by atoms with Crippen LogP contribution in [0.15, 0.2) is 48.8 Å². The summed E-state index contributed by atoms with van der Waals surface area (Å²) in [6.07, 6.45) is 4.27. The van der Waals surface area contributed by atoms with Crippen molar-refractivity contribution in [1.29, 1.82) is 0 Å². The van der Waals surface area contributed by atoms with E-state index in [4.69, 9.17) is 0 Å². The van der Waals surface area contributed by atoms with Crippen molar-refractivity contribution in [3.8, 4) is 0 Å². The van der Waals surface area contributed by atoms with Crippen LogP contribution in [0.4, 0.5) is 5.69 Å². The lowest BCUT2D eigenvalue weighted by Gasteiger charge is -2.26. The lowest BCUT2D eigenvalue weighted by atomic mass is 9.98. The molecule has 4 amide bonds. The minimum atomic E-state index is -0.822. The van der Waals surface area contributed by atoms with E-state index in [1.54, 1.807) is 36.7 Å². The Kier molecular flexibility index (Phi) is 8.92. The van der Waals surface area contributed by atoms with Crippen LogP contribution >= 0.6 is 0 Å². The predicted molar refractivity (Wildman–Crippen MR) is 140 cm³/mol. The number of nitrogens with one attached hydrogen (secondary N) is 4. The average molecular weight is 534 g/mol. The fraction of sp³-hybridized carbons (Fsp3) is 0.385. The van der Waals surface area contributed by atoms with E-state index >= 15 is 0 Å². The average Bonchev–Trinajstić information content (AvgIpc) is 3.61. The highest BCUT2D eigenvalue weighted by molar-refractivity contribution is 6.05. The van der Waals surface area contributed by atoms with Gasteiger partial charge in [-0.1, -0.05) is 43.7 Å². The number of benzene rings is 1. The third-order valence-corrected chi connectivity index (χ3v) is 6.70. The summed E-state index contributed by atoms with van der Waals surface area (Å²) in [6, 6.07) is 9.10. The summed E-state index contributed by atoms with van der Waals surface area (Å²) in [5, 5.41) is 21.6. The zero-order valence-corrected chi connectivity index (χ0v) is 21.8. The summed E-state index contributed by atoms with van der Waals surface area (Å²) in [5.74, 6) is -1.45. The Morgan fingerprint density at radius 1 is 1.10 bits per heavy atom. The number of carbonyl (C=O) groups excluding carboxylic acids is 4.